The van der Waals surface area contributed by atoms with E-state index in [1.54, 1.807) is 42.5 Å². The molecule has 0 radical (unpaired) electrons. The monoisotopic (exact) mass is 455 g/mol. The van der Waals surface area contributed by atoms with Gasteiger partial charge in [0.25, 0.3) is 15.9 Å². The number of amides is 1. The Kier molecular flexibility index (Phi) is 6.96. The summed E-state index contributed by atoms with van der Waals surface area (Å²) in [6, 6.07) is 16.9. The van der Waals surface area contributed by atoms with Crippen molar-refractivity contribution in [3.05, 3.63) is 77.9 Å². The smallest absolute Gasteiger partial charge is 0.271 e. The molecule has 0 saturated heterocycles. The van der Waals surface area contributed by atoms with Gasteiger partial charge in [-0.3, -0.25) is 9.52 Å². The molecule has 0 unspecified atom stereocenters. The number of nitrogens with zero attached hydrogens (tertiary/aromatic N) is 1. The highest BCUT2D eigenvalue weighted by Gasteiger charge is 2.18. The molecule has 0 atom stereocenters. The molecule has 0 aliphatic heterocycles. The molecule has 0 bridgehead atoms. The number of hydrogen-bond donors (Lipinski definition) is 3. The zero-order valence-corrected chi connectivity index (χ0v) is 18.1. The Labute approximate surface area is 185 Å². The Balaban J connectivity index is 1.76. The van der Waals surface area contributed by atoms with Gasteiger partial charge in [0.1, 0.15) is 5.75 Å². The molecule has 0 aromatic heterocycles. The van der Waals surface area contributed by atoms with E-state index in [0.29, 0.717) is 11.3 Å². The SMILES string of the molecule is COc1ccccc1NS(=O)(=O)c1cccc(C(=O)N/N=C/c2cccc(OC)c2O)c1. The average Bonchev–Trinajstić information content (AvgIpc) is 2.80. The summed E-state index contributed by atoms with van der Waals surface area (Å²) in [6.07, 6.45) is 1.25. The van der Waals surface area contributed by atoms with Gasteiger partial charge in [-0.15, -0.1) is 0 Å². The molecule has 0 saturated carbocycles. The lowest BCUT2D eigenvalue weighted by atomic mass is 10.2. The van der Waals surface area contributed by atoms with Gasteiger partial charge in [-0.05, 0) is 42.5 Å². The molecule has 0 heterocycles. The predicted octanol–water partition coefficient (Wildman–Crippen LogP) is 2.97. The van der Waals surface area contributed by atoms with Crippen LogP contribution >= 0.6 is 0 Å². The molecule has 32 heavy (non-hydrogen) atoms. The van der Waals surface area contributed by atoms with Gasteiger partial charge in [0.2, 0.25) is 0 Å². The van der Waals surface area contributed by atoms with Gasteiger partial charge in [0.15, 0.2) is 11.5 Å². The molecule has 0 aliphatic rings. The average molecular weight is 455 g/mol. The molecule has 1 amide bonds. The summed E-state index contributed by atoms with van der Waals surface area (Å²) in [6.45, 7) is 0. The number of methoxy groups -OCH3 is 2. The van der Waals surface area contributed by atoms with E-state index in [1.165, 1.54) is 44.7 Å². The molecular formula is C22H21N3O6S. The minimum Gasteiger partial charge on any atom is -0.504 e. The van der Waals surface area contributed by atoms with Crippen molar-refractivity contribution < 1.29 is 27.8 Å². The summed E-state index contributed by atoms with van der Waals surface area (Å²) in [5.41, 5.74) is 2.99. The van der Waals surface area contributed by atoms with Crippen LogP contribution in [-0.4, -0.2) is 39.9 Å². The van der Waals surface area contributed by atoms with E-state index in [-0.39, 0.29) is 27.6 Å². The van der Waals surface area contributed by atoms with Crippen molar-refractivity contribution in [2.24, 2.45) is 5.10 Å². The van der Waals surface area contributed by atoms with Crippen LogP contribution in [-0.2, 0) is 10.0 Å². The van der Waals surface area contributed by atoms with Crippen molar-refractivity contribution in [3.8, 4) is 17.2 Å². The molecule has 10 heteroatoms. The summed E-state index contributed by atoms with van der Waals surface area (Å²) in [7, 11) is -1.12. The minimum atomic E-state index is -3.97. The number of anilines is 1. The van der Waals surface area contributed by atoms with Crippen LogP contribution in [0.15, 0.2) is 76.7 Å². The topological polar surface area (TPSA) is 126 Å². The number of para-hydroxylation sites is 3. The number of hydrogen-bond acceptors (Lipinski definition) is 7. The number of rotatable bonds is 8. The number of carbonyl (C=O) groups excluding carboxylic acids is 1. The van der Waals surface area contributed by atoms with Gasteiger partial charge < -0.3 is 14.6 Å². The number of phenols is 1. The van der Waals surface area contributed by atoms with Crippen molar-refractivity contribution >= 4 is 27.8 Å². The fourth-order valence-electron chi connectivity index (χ4n) is 2.77. The van der Waals surface area contributed by atoms with Crippen LogP contribution in [0, 0.1) is 0 Å². The standard InChI is InChI=1S/C22H21N3O6S/c1-30-19-11-4-3-10-18(19)25-32(28,29)17-9-5-7-15(13-17)22(27)24-23-14-16-8-6-12-20(31-2)21(16)26/h3-14,25-26H,1-2H3,(H,24,27)/b23-14+. The Morgan fingerprint density at radius 3 is 2.41 bits per heavy atom. The zero-order chi connectivity index (χ0) is 23.1. The number of benzene rings is 3. The van der Waals surface area contributed by atoms with Crippen LogP contribution in [0.3, 0.4) is 0 Å². The van der Waals surface area contributed by atoms with Gasteiger partial charge in [-0.25, -0.2) is 13.8 Å². The third-order valence-electron chi connectivity index (χ3n) is 4.38. The van der Waals surface area contributed by atoms with Gasteiger partial charge in [-0.2, -0.15) is 5.10 Å². The Morgan fingerprint density at radius 2 is 1.66 bits per heavy atom. The van der Waals surface area contributed by atoms with E-state index < -0.39 is 15.9 Å². The second-order valence-electron chi connectivity index (χ2n) is 6.43. The molecule has 0 fully saturated rings. The number of nitrogens with one attached hydrogen (secondary N) is 2. The molecular weight excluding hydrogens is 434 g/mol. The predicted molar refractivity (Wildman–Crippen MR) is 120 cm³/mol. The van der Waals surface area contributed by atoms with Crippen molar-refractivity contribution in [1.82, 2.24) is 5.43 Å². The lowest BCUT2D eigenvalue weighted by Crippen LogP contribution is -2.19. The van der Waals surface area contributed by atoms with Crippen LogP contribution in [0.4, 0.5) is 5.69 Å². The molecule has 0 spiro atoms. The fraction of sp³-hybridized carbons (Fsp3) is 0.0909. The van der Waals surface area contributed by atoms with Crippen LogP contribution in [0.25, 0.3) is 0 Å². The lowest BCUT2D eigenvalue weighted by Gasteiger charge is -2.12. The summed E-state index contributed by atoms with van der Waals surface area (Å²) in [5.74, 6) is -0.123. The van der Waals surface area contributed by atoms with E-state index in [0.717, 1.165) is 0 Å². The molecule has 3 N–H and O–H groups in total. The van der Waals surface area contributed by atoms with Crippen molar-refractivity contribution in [1.29, 1.82) is 0 Å². The first kappa shape index (κ1) is 22.6. The highest BCUT2D eigenvalue weighted by Crippen LogP contribution is 2.28. The zero-order valence-electron chi connectivity index (χ0n) is 17.3. The second-order valence-corrected chi connectivity index (χ2v) is 8.11. The van der Waals surface area contributed by atoms with Gasteiger partial charge in [-0.1, -0.05) is 24.3 Å². The number of carbonyl (C=O) groups is 1. The van der Waals surface area contributed by atoms with E-state index >= 15 is 0 Å². The van der Waals surface area contributed by atoms with Gasteiger partial charge in [0.05, 0.1) is 31.0 Å². The highest BCUT2D eigenvalue weighted by molar-refractivity contribution is 7.92. The van der Waals surface area contributed by atoms with Crippen LogP contribution in [0.5, 0.6) is 17.2 Å². The molecule has 3 aromatic carbocycles. The summed E-state index contributed by atoms with van der Waals surface area (Å²) in [5, 5.41) is 13.9. The molecule has 3 rings (SSSR count). The Bertz CT molecular complexity index is 1260. The van der Waals surface area contributed by atoms with E-state index in [4.69, 9.17) is 9.47 Å². The van der Waals surface area contributed by atoms with E-state index in [1.807, 2.05) is 0 Å². The first-order chi connectivity index (χ1) is 15.4. The number of aromatic hydroxyl groups is 1. The second kappa shape index (κ2) is 9.84. The largest absolute Gasteiger partial charge is 0.504 e. The summed E-state index contributed by atoms with van der Waals surface area (Å²) < 4.78 is 38.2. The maximum Gasteiger partial charge on any atom is 0.271 e. The number of sulfonamides is 1. The van der Waals surface area contributed by atoms with Crippen molar-refractivity contribution in [3.63, 3.8) is 0 Å². The highest BCUT2D eigenvalue weighted by atomic mass is 32.2. The summed E-state index contributed by atoms with van der Waals surface area (Å²) in [4.78, 5) is 12.3. The number of phenolic OH excluding ortho intramolecular Hbond substituents is 1. The van der Waals surface area contributed by atoms with Crippen LogP contribution in [0.1, 0.15) is 15.9 Å². The third kappa shape index (κ3) is 5.16. The lowest BCUT2D eigenvalue weighted by molar-refractivity contribution is 0.0955. The quantitative estimate of drug-likeness (QED) is 0.354. The molecule has 166 valence electrons. The first-order valence-electron chi connectivity index (χ1n) is 9.31. The molecule has 9 nitrogen and oxygen atoms in total. The van der Waals surface area contributed by atoms with E-state index in [2.05, 4.69) is 15.2 Å². The molecule has 3 aromatic rings. The maximum atomic E-state index is 12.8. The van der Waals surface area contributed by atoms with Crippen molar-refractivity contribution in [2.45, 2.75) is 4.90 Å². The van der Waals surface area contributed by atoms with E-state index in [9.17, 15) is 18.3 Å². The number of ether oxygens (including phenoxy) is 2. The maximum absolute atomic E-state index is 12.8. The first-order valence-corrected chi connectivity index (χ1v) is 10.8. The van der Waals surface area contributed by atoms with Gasteiger partial charge in [0, 0.05) is 11.1 Å². The third-order valence-corrected chi connectivity index (χ3v) is 5.74. The normalized spacial score (nSPS) is 11.2. The van der Waals surface area contributed by atoms with Crippen molar-refractivity contribution in [2.75, 3.05) is 18.9 Å². The van der Waals surface area contributed by atoms with Gasteiger partial charge >= 0.3 is 0 Å². The number of hydrazone groups is 1. The Morgan fingerprint density at radius 1 is 0.969 bits per heavy atom. The minimum absolute atomic E-state index is 0.0833. The summed E-state index contributed by atoms with van der Waals surface area (Å²) >= 11 is 0. The fourth-order valence-corrected chi connectivity index (χ4v) is 3.89. The Hall–Kier alpha value is -4.05. The molecule has 0 aliphatic carbocycles. The van der Waals surface area contributed by atoms with Crippen LogP contribution < -0.4 is 19.6 Å². The van der Waals surface area contributed by atoms with Crippen LogP contribution in [0.2, 0.25) is 0 Å².